The lowest BCUT2D eigenvalue weighted by Gasteiger charge is -2.26. The van der Waals surface area contributed by atoms with Crippen LogP contribution in [0, 0.1) is 0 Å². The predicted molar refractivity (Wildman–Crippen MR) is 101 cm³/mol. The lowest BCUT2D eigenvalue weighted by Crippen LogP contribution is -2.37. The van der Waals surface area contributed by atoms with Crippen LogP contribution in [0.2, 0.25) is 0 Å². The van der Waals surface area contributed by atoms with Gasteiger partial charge in [-0.1, -0.05) is 0 Å². The molecule has 2 aromatic heterocycles. The average Bonchev–Trinajstić information content (AvgIpc) is 2.73. The number of anilines is 2. The molecule has 0 bridgehead atoms. The highest BCUT2D eigenvalue weighted by atomic mass is 16.5. The monoisotopic (exact) mass is 368 g/mol. The molecule has 140 valence electrons. The molecule has 3 heterocycles. The van der Waals surface area contributed by atoms with E-state index in [9.17, 15) is 0 Å². The molecular weight excluding hydrogens is 348 g/mol. The normalized spacial score (nSPS) is 14.4. The number of ether oxygens (including phenoxy) is 3. The Hall–Kier alpha value is -3.20. The number of aromatic nitrogens is 4. The Labute approximate surface area is 156 Å². The molecule has 9 nitrogen and oxygen atoms in total. The second-order valence-corrected chi connectivity index (χ2v) is 6.01. The Bertz CT molecular complexity index is 975. The van der Waals surface area contributed by atoms with E-state index in [-0.39, 0.29) is 0 Å². The largest absolute Gasteiger partial charge is 0.493 e. The zero-order chi connectivity index (χ0) is 18.8. The van der Waals surface area contributed by atoms with Gasteiger partial charge in [0.15, 0.2) is 28.5 Å². The summed E-state index contributed by atoms with van der Waals surface area (Å²) in [5.41, 5.74) is 8.58. The molecule has 27 heavy (non-hydrogen) atoms. The summed E-state index contributed by atoms with van der Waals surface area (Å²) in [7, 11) is 3.18. The first-order valence-corrected chi connectivity index (χ1v) is 8.55. The smallest absolute Gasteiger partial charge is 0.229 e. The molecule has 1 aliphatic rings. The molecule has 9 heteroatoms. The lowest BCUT2D eigenvalue weighted by molar-refractivity contribution is 0.122. The van der Waals surface area contributed by atoms with Crippen molar-refractivity contribution in [1.29, 1.82) is 0 Å². The second kappa shape index (κ2) is 7.20. The number of benzene rings is 1. The minimum absolute atomic E-state index is 0.302. The van der Waals surface area contributed by atoms with Gasteiger partial charge in [-0.15, -0.1) is 0 Å². The average molecular weight is 368 g/mol. The highest BCUT2D eigenvalue weighted by Gasteiger charge is 2.17. The van der Waals surface area contributed by atoms with Gasteiger partial charge in [-0.25, -0.2) is 9.97 Å². The summed E-state index contributed by atoms with van der Waals surface area (Å²) in [6.45, 7) is 2.74. The van der Waals surface area contributed by atoms with Crippen LogP contribution in [0.25, 0.3) is 22.4 Å². The molecule has 0 radical (unpaired) electrons. The molecule has 1 fully saturated rings. The molecule has 0 aliphatic carbocycles. The summed E-state index contributed by atoms with van der Waals surface area (Å²) >= 11 is 0. The first-order chi connectivity index (χ1) is 13.2. The first kappa shape index (κ1) is 17.2. The van der Waals surface area contributed by atoms with Crippen LogP contribution >= 0.6 is 0 Å². The maximum Gasteiger partial charge on any atom is 0.229 e. The highest BCUT2D eigenvalue weighted by Crippen LogP contribution is 2.32. The number of morpholine rings is 1. The van der Waals surface area contributed by atoms with Crippen molar-refractivity contribution >= 4 is 22.9 Å². The van der Waals surface area contributed by atoms with Crippen molar-refractivity contribution in [2.45, 2.75) is 0 Å². The van der Waals surface area contributed by atoms with E-state index >= 15 is 0 Å². The molecule has 0 amide bonds. The molecule has 0 unspecified atom stereocenters. The Morgan fingerprint density at radius 3 is 2.56 bits per heavy atom. The van der Waals surface area contributed by atoms with Gasteiger partial charge in [0.25, 0.3) is 0 Å². The second-order valence-electron chi connectivity index (χ2n) is 6.01. The minimum Gasteiger partial charge on any atom is -0.493 e. The summed E-state index contributed by atoms with van der Waals surface area (Å²) in [5.74, 6) is 2.12. The van der Waals surface area contributed by atoms with Gasteiger partial charge in [-0.3, -0.25) is 0 Å². The fourth-order valence-corrected chi connectivity index (χ4v) is 2.96. The van der Waals surface area contributed by atoms with E-state index in [1.54, 1.807) is 20.4 Å². The lowest BCUT2D eigenvalue weighted by atomic mass is 10.1. The molecule has 0 atom stereocenters. The standard InChI is InChI=1S/C18H20N6O3/c1-25-13-4-3-11(9-14(13)26-2)12-10-20-17-15(21-12)16(19)22-18(23-17)24-5-7-27-8-6-24/h3-4,9-10H,5-8H2,1-2H3,(H2,19,20,22,23). The molecular formula is C18H20N6O3. The summed E-state index contributed by atoms with van der Waals surface area (Å²) in [6.07, 6.45) is 1.67. The fraction of sp³-hybridized carbons (Fsp3) is 0.333. The fourth-order valence-electron chi connectivity index (χ4n) is 2.96. The minimum atomic E-state index is 0.302. The number of nitrogens with two attached hydrogens (primary N) is 1. The van der Waals surface area contributed by atoms with Crippen molar-refractivity contribution in [3.8, 4) is 22.8 Å². The van der Waals surface area contributed by atoms with E-state index in [4.69, 9.17) is 19.9 Å². The van der Waals surface area contributed by atoms with Crippen molar-refractivity contribution in [1.82, 2.24) is 19.9 Å². The maximum absolute atomic E-state index is 6.16. The number of hydrogen-bond donors (Lipinski definition) is 1. The van der Waals surface area contributed by atoms with Crippen LogP contribution in [0.5, 0.6) is 11.5 Å². The van der Waals surface area contributed by atoms with Crippen molar-refractivity contribution in [3.63, 3.8) is 0 Å². The number of rotatable bonds is 4. The molecule has 1 saturated heterocycles. The van der Waals surface area contributed by atoms with Gasteiger partial charge in [0.05, 0.1) is 39.3 Å². The Morgan fingerprint density at radius 1 is 1.04 bits per heavy atom. The quantitative estimate of drug-likeness (QED) is 0.733. The van der Waals surface area contributed by atoms with E-state index in [1.165, 1.54) is 0 Å². The topological polar surface area (TPSA) is 109 Å². The van der Waals surface area contributed by atoms with Crippen molar-refractivity contribution < 1.29 is 14.2 Å². The third kappa shape index (κ3) is 3.28. The highest BCUT2D eigenvalue weighted by molar-refractivity contribution is 5.84. The third-order valence-electron chi connectivity index (χ3n) is 4.40. The van der Waals surface area contributed by atoms with Gasteiger partial charge in [0.2, 0.25) is 5.95 Å². The molecule has 1 aromatic carbocycles. The molecule has 0 saturated carbocycles. The SMILES string of the molecule is COc1ccc(-c2cnc3nc(N4CCOCC4)nc(N)c3n2)cc1OC. The van der Waals surface area contributed by atoms with Gasteiger partial charge >= 0.3 is 0 Å². The third-order valence-corrected chi connectivity index (χ3v) is 4.40. The van der Waals surface area contributed by atoms with E-state index in [1.807, 2.05) is 23.1 Å². The van der Waals surface area contributed by atoms with E-state index in [2.05, 4.69) is 19.9 Å². The molecule has 3 aromatic rings. The van der Waals surface area contributed by atoms with Crippen molar-refractivity contribution in [2.24, 2.45) is 0 Å². The van der Waals surface area contributed by atoms with E-state index in [0.29, 0.717) is 53.3 Å². The van der Waals surface area contributed by atoms with Crippen molar-refractivity contribution in [3.05, 3.63) is 24.4 Å². The van der Waals surface area contributed by atoms with Gasteiger partial charge in [0, 0.05) is 18.7 Å². The predicted octanol–water partition coefficient (Wildman–Crippen LogP) is 1.52. The van der Waals surface area contributed by atoms with Gasteiger partial charge in [-0.2, -0.15) is 9.97 Å². The Balaban J connectivity index is 1.73. The van der Waals surface area contributed by atoms with Crippen LogP contribution in [0.3, 0.4) is 0 Å². The van der Waals surface area contributed by atoms with Crippen LogP contribution in [0.1, 0.15) is 0 Å². The van der Waals surface area contributed by atoms with Crippen molar-refractivity contribution in [2.75, 3.05) is 51.2 Å². The number of nitrogen functional groups attached to an aromatic ring is 1. The van der Waals surface area contributed by atoms with Crippen LogP contribution in [0.15, 0.2) is 24.4 Å². The van der Waals surface area contributed by atoms with Gasteiger partial charge in [-0.05, 0) is 18.2 Å². The summed E-state index contributed by atoms with van der Waals surface area (Å²) < 4.78 is 16.0. The summed E-state index contributed by atoms with van der Waals surface area (Å²) in [4.78, 5) is 20.0. The zero-order valence-corrected chi connectivity index (χ0v) is 15.2. The van der Waals surface area contributed by atoms with Gasteiger partial charge in [0.1, 0.15) is 0 Å². The zero-order valence-electron chi connectivity index (χ0n) is 15.2. The first-order valence-electron chi connectivity index (χ1n) is 8.55. The van der Waals surface area contributed by atoms with Crippen LogP contribution in [0.4, 0.5) is 11.8 Å². The van der Waals surface area contributed by atoms with E-state index in [0.717, 1.165) is 18.7 Å². The molecule has 4 rings (SSSR count). The molecule has 1 aliphatic heterocycles. The Morgan fingerprint density at radius 2 is 1.81 bits per heavy atom. The maximum atomic E-state index is 6.16. The number of fused-ring (bicyclic) bond motifs is 1. The summed E-state index contributed by atoms with van der Waals surface area (Å²) in [5, 5.41) is 0. The van der Waals surface area contributed by atoms with Crippen LogP contribution < -0.4 is 20.1 Å². The van der Waals surface area contributed by atoms with E-state index < -0.39 is 0 Å². The van der Waals surface area contributed by atoms with Gasteiger partial charge < -0.3 is 24.8 Å². The molecule has 2 N–H and O–H groups in total. The summed E-state index contributed by atoms with van der Waals surface area (Å²) in [6, 6.07) is 5.55. The number of nitrogens with zero attached hydrogens (tertiary/aromatic N) is 5. The molecule has 0 spiro atoms. The van der Waals surface area contributed by atoms with Crippen LogP contribution in [-0.4, -0.2) is 60.5 Å². The number of hydrogen-bond acceptors (Lipinski definition) is 9. The number of methoxy groups -OCH3 is 2. The van der Waals surface area contributed by atoms with Crippen LogP contribution in [-0.2, 0) is 4.74 Å². The Kier molecular flexibility index (Phi) is 4.59.